The minimum atomic E-state index is -0.990. The average molecular weight is 442 g/mol. The molecule has 2 aromatic rings. The van der Waals surface area contributed by atoms with E-state index in [1.54, 1.807) is 29.2 Å². The van der Waals surface area contributed by atoms with Crippen LogP contribution in [0.25, 0.3) is 0 Å². The van der Waals surface area contributed by atoms with Crippen molar-refractivity contribution in [2.24, 2.45) is 0 Å². The van der Waals surface area contributed by atoms with Crippen LogP contribution in [0.2, 0.25) is 0 Å². The van der Waals surface area contributed by atoms with E-state index < -0.39 is 12.0 Å². The molecule has 0 radical (unpaired) electrons. The molecular weight excluding hydrogens is 416 g/mol. The van der Waals surface area contributed by atoms with Crippen molar-refractivity contribution in [3.8, 4) is 23.0 Å². The second-order valence-electron chi connectivity index (χ2n) is 7.42. The zero-order valence-corrected chi connectivity index (χ0v) is 18.1. The Morgan fingerprint density at radius 2 is 1.81 bits per heavy atom. The Morgan fingerprint density at radius 3 is 2.53 bits per heavy atom. The van der Waals surface area contributed by atoms with E-state index in [-0.39, 0.29) is 19.2 Å². The minimum absolute atomic E-state index is 0.141. The zero-order chi connectivity index (χ0) is 22.7. The summed E-state index contributed by atoms with van der Waals surface area (Å²) in [6, 6.07) is 7.81. The number of carbonyl (C=O) groups excluding carboxylic acids is 1. The molecule has 0 spiro atoms. The van der Waals surface area contributed by atoms with E-state index in [0.717, 1.165) is 11.1 Å². The van der Waals surface area contributed by atoms with Crippen molar-refractivity contribution in [1.29, 1.82) is 0 Å². The van der Waals surface area contributed by atoms with Crippen LogP contribution in [-0.4, -0.2) is 48.6 Å². The van der Waals surface area contributed by atoms with Gasteiger partial charge in [0.15, 0.2) is 23.0 Å². The third kappa shape index (κ3) is 4.37. The molecule has 2 N–H and O–H groups in total. The fourth-order valence-corrected chi connectivity index (χ4v) is 4.04. The van der Waals surface area contributed by atoms with E-state index in [1.807, 2.05) is 19.9 Å². The van der Waals surface area contributed by atoms with E-state index in [0.29, 0.717) is 54.9 Å². The molecular formula is C23H26N2O7. The third-order valence-electron chi connectivity index (χ3n) is 5.42. The normalized spacial score (nSPS) is 16.3. The van der Waals surface area contributed by atoms with Crippen molar-refractivity contribution in [1.82, 2.24) is 4.90 Å². The molecule has 2 heterocycles. The molecule has 32 heavy (non-hydrogen) atoms. The highest BCUT2D eigenvalue weighted by Crippen LogP contribution is 2.40. The van der Waals surface area contributed by atoms with E-state index in [9.17, 15) is 14.7 Å². The molecule has 2 amide bonds. The smallest absolute Gasteiger partial charge is 0.322 e. The van der Waals surface area contributed by atoms with Gasteiger partial charge in [-0.25, -0.2) is 4.79 Å². The maximum atomic E-state index is 13.1. The highest BCUT2D eigenvalue weighted by molar-refractivity contribution is 5.90. The van der Waals surface area contributed by atoms with Crippen LogP contribution in [0.1, 0.15) is 37.4 Å². The lowest BCUT2D eigenvalue weighted by Gasteiger charge is -2.37. The predicted molar refractivity (Wildman–Crippen MR) is 116 cm³/mol. The Bertz CT molecular complexity index is 1020. The summed E-state index contributed by atoms with van der Waals surface area (Å²) in [6.07, 6.45) is 0.355. The van der Waals surface area contributed by atoms with Crippen LogP contribution in [0, 0.1) is 0 Å². The molecule has 0 saturated heterocycles. The third-order valence-corrected chi connectivity index (χ3v) is 5.42. The summed E-state index contributed by atoms with van der Waals surface area (Å²) < 4.78 is 22.1. The molecule has 170 valence electrons. The van der Waals surface area contributed by atoms with Crippen molar-refractivity contribution < 1.29 is 33.6 Å². The molecule has 1 unspecified atom stereocenters. The molecule has 2 aliphatic rings. The Hall–Kier alpha value is -3.62. The van der Waals surface area contributed by atoms with Gasteiger partial charge in [-0.2, -0.15) is 0 Å². The summed E-state index contributed by atoms with van der Waals surface area (Å²) in [4.78, 5) is 26.4. The van der Waals surface area contributed by atoms with E-state index >= 15 is 0 Å². The number of hydrogen-bond donors (Lipinski definition) is 2. The topological polar surface area (TPSA) is 107 Å². The Morgan fingerprint density at radius 1 is 1.09 bits per heavy atom. The highest BCUT2D eigenvalue weighted by atomic mass is 16.7. The van der Waals surface area contributed by atoms with E-state index in [1.165, 1.54) is 0 Å². The first-order chi connectivity index (χ1) is 15.5. The van der Waals surface area contributed by atoms with Crippen molar-refractivity contribution in [2.75, 3.05) is 31.9 Å². The number of amides is 2. The summed E-state index contributed by atoms with van der Waals surface area (Å²) in [6.45, 7) is 5.21. The molecule has 4 rings (SSSR count). The molecule has 0 aromatic heterocycles. The quantitative estimate of drug-likeness (QED) is 0.671. The number of anilines is 1. The maximum absolute atomic E-state index is 13.1. The van der Waals surface area contributed by atoms with Crippen molar-refractivity contribution in [3.05, 3.63) is 41.5 Å². The molecule has 0 saturated carbocycles. The number of carboxylic acid groups (broad SMARTS) is 1. The lowest BCUT2D eigenvalue weighted by Crippen LogP contribution is -2.43. The molecule has 1 atom stereocenters. The number of nitrogens with one attached hydrogen (secondary N) is 1. The standard InChI is InChI=1S/C23H26N2O7/c1-3-29-19-9-14-7-8-25(17(12-22(26)27)16(14)11-21(19)30-4-2)23(28)24-15-5-6-18-20(10-15)32-13-31-18/h5-6,9-11,17H,3-4,7-8,12-13H2,1-2H3,(H,24,28)(H,26,27). The van der Waals surface area contributed by atoms with Crippen LogP contribution >= 0.6 is 0 Å². The fraction of sp³-hybridized carbons (Fsp3) is 0.391. The van der Waals surface area contributed by atoms with Crippen LogP contribution in [0.15, 0.2) is 30.3 Å². The van der Waals surface area contributed by atoms with Gasteiger partial charge in [0.25, 0.3) is 0 Å². The summed E-state index contributed by atoms with van der Waals surface area (Å²) >= 11 is 0. The van der Waals surface area contributed by atoms with Gasteiger partial charge < -0.3 is 34.3 Å². The number of carbonyl (C=O) groups is 2. The van der Waals surface area contributed by atoms with E-state index in [4.69, 9.17) is 18.9 Å². The molecule has 2 aliphatic heterocycles. The summed E-state index contributed by atoms with van der Waals surface area (Å²) in [5.74, 6) is 1.35. The highest BCUT2D eigenvalue weighted by Gasteiger charge is 2.34. The van der Waals surface area contributed by atoms with Gasteiger partial charge in [-0.3, -0.25) is 4.79 Å². The van der Waals surface area contributed by atoms with Crippen molar-refractivity contribution in [2.45, 2.75) is 32.7 Å². The van der Waals surface area contributed by atoms with Crippen molar-refractivity contribution in [3.63, 3.8) is 0 Å². The van der Waals surface area contributed by atoms with Crippen LogP contribution in [0.3, 0.4) is 0 Å². The Kier molecular flexibility index (Phi) is 6.25. The SMILES string of the molecule is CCOc1cc2c(cc1OCC)C(CC(=O)O)N(C(=O)Nc1ccc3c(c1)OCO3)CC2. The lowest BCUT2D eigenvalue weighted by molar-refractivity contribution is -0.138. The molecule has 9 heteroatoms. The van der Waals surface area contributed by atoms with Gasteiger partial charge in [-0.15, -0.1) is 0 Å². The van der Waals surface area contributed by atoms with Crippen molar-refractivity contribution >= 4 is 17.7 Å². The molecule has 0 aliphatic carbocycles. The minimum Gasteiger partial charge on any atom is -0.490 e. The monoisotopic (exact) mass is 442 g/mol. The van der Waals surface area contributed by atoms with Gasteiger partial charge in [0.05, 0.1) is 25.7 Å². The number of hydrogen-bond acceptors (Lipinski definition) is 6. The fourth-order valence-electron chi connectivity index (χ4n) is 4.04. The number of aliphatic carboxylic acids is 1. The van der Waals surface area contributed by atoms with Gasteiger partial charge in [-0.05, 0) is 55.7 Å². The lowest BCUT2D eigenvalue weighted by atomic mass is 9.90. The molecule has 9 nitrogen and oxygen atoms in total. The molecule has 0 bridgehead atoms. The van der Waals surface area contributed by atoms with Gasteiger partial charge in [0.1, 0.15) is 0 Å². The number of benzene rings is 2. The summed E-state index contributed by atoms with van der Waals surface area (Å²) in [5.41, 5.74) is 2.25. The Balaban J connectivity index is 1.62. The predicted octanol–water partition coefficient (Wildman–Crippen LogP) is 3.82. The first-order valence-electron chi connectivity index (χ1n) is 10.6. The van der Waals surface area contributed by atoms with Gasteiger partial charge in [0, 0.05) is 18.3 Å². The van der Waals surface area contributed by atoms with Gasteiger partial charge in [-0.1, -0.05) is 0 Å². The number of urea groups is 1. The Labute approximate surface area is 185 Å². The summed E-state index contributed by atoms with van der Waals surface area (Å²) in [7, 11) is 0. The van der Waals surface area contributed by atoms with Crippen LogP contribution in [-0.2, 0) is 11.2 Å². The summed E-state index contributed by atoms with van der Waals surface area (Å²) in [5, 5.41) is 12.4. The van der Waals surface area contributed by atoms with Crippen LogP contribution in [0.4, 0.5) is 10.5 Å². The number of rotatable bonds is 7. The molecule has 2 aromatic carbocycles. The largest absolute Gasteiger partial charge is 0.490 e. The average Bonchev–Trinajstić information content (AvgIpc) is 3.22. The molecule has 0 fully saturated rings. The number of carboxylic acids is 1. The van der Waals surface area contributed by atoms with E-state index in [2.05, 4.69) is 5.32 Å². The van der Waals surface area contributed by atoms with Crippen LogP contribution in [0.5, 0.6) is 23.0 Å². The maximum Gasteiger partial charge on any atom is 0.322 e. The van der Waals surface area contributed by atoms with Gasteiger partial charge in [0.2, 0.25) is 6.79 Å². The first-order valence-corrected chi connectivity index (χ1v) is 10.6. The van der Waals surface area contributed by atoms with Crippen LogP contribution < -0.4 is 24.3 Å². The van der Waals surface area contributed by atoms with Gasteiger partial charge >= 0.3 is 12.0 Å². The second-order valence-corrected chi connectivity index (χ2v) is 7.42. The zero-order valence-electron chi connectivity index (χ0n) is 18.1. The number of ether oxygens (including phenoxy) is 4. The second kappa shape index (κ2) is 9.25. The number of nitrogens with zero attached hydrogens (tertiary/aromatic N) is 1. The first kappa shape index (κ1) is 21.6. The number of fused-ring (bicyclic) bond motifs is 2.